The van der Waals surface area contributed by atoms with Crippen LogP contribution in [0.25, 0.3) is 0 Å². The lowest BCUT2D eigenvalue weighted by molar-refractivity contribution is -0.385. The Hall–Kier alpha value is -0.420. The van der Waals surface area contributed by atoms with Gasteiger partial charge in [-0.2, -0.15) is 0 Å². The van der Waals surface area contributed by atoms with E-state index in [1.807, 2.05) is 12.1 Å². The summed E-state index contributed by atoms with van der Waals surface area (Å²) in [5.74, 6) is 0.361. The molecule has 0 heterocycles. The zero-order valence-corrected chi connectivity index (χ0v) is 12.3. The van der Waals surface area contributed by atoms with Gasteiger partial charge in [0, 0.05) is 20.9 Å². The molecule has 1 aromatic rings. The van der Waals surface area contributed by atoms with Gasteiger partial charge >= 0.3 is 0 Å². The summed E-state index contributed by atoms with van der Waals surface area (Å²) in [6.45, 7) is 4.13. The highest BCUT2D eigenvalue weighted by molar-refractivity contribution is 9.10. The number of alkyl halides is 1. The van der Waals surface area contributed by atoms with E-state index in [4.69, 9.17) is 0 Å². The minimum Gasteiger partial charge on any atom is -0.258 e. The first-order valence-electron chi connectivity index (χ1n) is 4.98. The average Bonchev–Trinajstić information content (AvgIpc) is 2.20. The van der Waals surface area contributed by atoms with E-state index < -0.39 is 0 Å². The lowest BCUT2D eigenvalue weighted by Crippen LogP contribution is -2.10. The van der Waals surface area contributed by atoms with Crippen molar-refractivity contribution >= 4 is 37.5 Å². The summed E-state index contributed by atoms with van der Waals surface area (Å²) in [7, 11) is 0. The van der Waals surface area contributed by atoms with E-state index in [2.05, 4.69) is 45.7 Å². The van der Waals surface area contributed by atoms with Crippen LogP contribution < -0.4 is 0 Å². The third kappa shape index (κ3) is 3.56. The SMILES string of the molecule is CC(Br)C(C)Cc1ccc(Br)cc1[N+](=O)[O-]. The molecule has 0 aliphatic heterocycles. The zero-order chi connectivity index (χ0) is 12.3. The standard InChI is InChI=1S/C11H13Br2NO2/c1-7(8(2)12)5-9-3-4-10(13)6-11(9)14(15)16/h3-4,6-8H,5H2,1-2H3. The van der Waals surface area contributed by atoms with Crippen molar-refractivity contribution in [1.29, 1.82) is 0 Å². The van der Waals surface area contributed by atoms with Crippen LogP contribution in [0.15, 0.2) is 22.7 Å². The summed E-state index contributed by atoms with van der Waals surface area (Å²) in [5.41, 5.74) is 0.973. The van der Waals surface area contributed by atoms with E-state index >= 15 is 0 Å². The third-order valence-electron chi connectivity index (χ3n) is 2.57. The molecule has 0 spiro atoms. The third-order valence-corrected chi connectivity index (χ3v) is 3.97. The molecule has 0 saturated heterocycles. The largest absolute Gasteiger partial charge is 0.273 e. The number of rotatable bonds is 4. The Balaban J connectivity index is 2.99. The number of hydrogen-bond donors (Lipinski definition) is 0. The predicted molar refractivity (Wildman–Crippen MR) is 72.1 cm³/mol. The molecule has 3 nitrogen and oxygen atoms in total. The number of nitrogens with zero attached hydrogens (tertiary/aromatic N) is 1. The highest BCUT2D eigenvalue weighted by atomic mass is 79.9. The molecule has 5 heteroatoms. The van der Waals surface area contributed by atoms with Crippen LogP contribution in [0.1, 0.15) is 19.4 Å². The summed E-state index contributed by atoms with van der Waals surface area (Å²) in [5, 5.41) is 10.9. The quantitative estimate of drug-likeness (QED) is 0.461. The molecule has 88 valence electrons. The minimum absolute atomic E-state index is 0.189. The van der Waals surface area contributed by atoms with Crippen molar-refractivity contribution in [3.63, 3.8) is 0 Å². The normalized spacial score (nSPS) is 14.5. The predicted octanol–water partition coefficient (Wildman–Crippen LogP) is 4.32. The number of nitro groups is 1. The molecule has 0 aliphatic rings. The first kappa shape index (κ1) is 13.6. The van der Waals surface area contributed by atoms with Crippen molar-refractivity contribution in [2.75, 3.05) is 0 Å². The Morgan fingerprint density at radius 3 is 2.56 bits per heavy atom. The van der Waals surface area contributed by atoms with E-state index in [0.717, 1.165) is 10.0 Å². The van der Waals surface area contributed by atoms with Gasteiger partial charge in [0.2, 0.25) is 0 Å². The maximum absolute atomic E-state index is 10.9. The van der Waals surface area contributed by atoms with E-state index in [-0.39, 0.29) is 10.6 Å². The van der Waals surface area contributed by atoms with Gasteiger partial charge in [-0.15, -0.1) is 0 Å². The molecule has 1 aromatic carbocycles. The Morgan fingerprint density at radius 1 is 1.44 bits per heavy atom. The molecule has 2 atom stereocenters. The molecule has 2 unspecified atom stereocenters. The lowest BCUT2D eigenvalue weighted by Gasteiger charge is -2.14. The van der Waals surface area contributed by atoms with Gasteiger partial charge in [0.05, 0.1) is 4.92 Å². The van der Waals surface area contributed by atoms with Gasteiger partial charge in [0.15, 0.2) is 0 Å². The zero-order valence-electron chi connectivity index (χ0n) is 9.11. The molecule has 1 rings (SSSR count). The molecular weight excluding hydrogens is 338 g/mol. The van der Waals surface area contributed by atoms with Crippen LogP contribution in [-0.2, 0) is 6.42 Å². The van der Waals surface area contributed by atoms with Gasteiger partial charge < -0.3 is 0 Å². The second-order valence-corrected chi connectivity index (χ2v) is 6.25. The minimum atomic E-state index is -0.328. The topological polar surface area (TPSA) is 43.1 Å². The van der Waals surface area contributed by atoms with Crippen LogP contribution in [0.5, 0.6) is 0 Å². The van der Waals surface area contributed by atoms with Crippen LogP contribution in [0, 0.1) is 16.0 Å². The summed E-state index contributed by atoms with van der Waals surface area (Å²) in [4.78, 5) is 10.9. The molecule has 0 aliphatic carbocycles. The van der Waals surface area contributed by atoms with Crippen molar-refractivity contribution in [3.05, 3.63) is 38.3 Å². The molecule has 0 fully saturated rings. The van der Waals surface area contributed by atoms with Crippen LogP contribution in [0.3, 0.4) is 0 Å². The fourth-order valence-electron chi connectivity index (χ4n) is 1.39. The van der Waals surface area contributed by atoms with Gasteiger partial charge in [-0.1, -0.05) is 51.8 Å². The van der Waals surface area contributed by atoms with Crippen molar-refractivity contribution < 1.29 is 4.92 Å². The van der Waals surface area contributed by atoms with Crippen LogP contribution in [0.2, 0.25) is 0 Å². The van der Waals surface area contributed by atoms with Gasteiger partial charge in [-0.3, -0.25) is 10.1 Å². The number of hydrogen-bond acceptors (Lipinski definition) is 2. The molecule has 16 heavy (non-hydrogen) atoms. The molecule has 0 radical (unpaired) electrons. The highest BCUT2D eigenvalue weighted by Crippen LogP contribution is 2.27. The van der Waals surface area contributed by atoms with Crippen molar-refractivity contribution in [3.8, 4) is 0 Å². The van der Waals surface area contributed by atoms with Gasteiger partial charge in [-0.05, 0) is 18.4 Å². The molecule has 0 saturated carbocycles. The van der Waals surface area contributed by atoms with Crippen LogP contribution in [-0.4, -0.2) is 9.75 Å². The van der Waals surface area contributed by atoms with Gasteiger partial charge in [-0.25, -0.2) is 0 Å². The maximum atomic E-state index is 10.9. The van der Waals surface area contributed by atoms with Crippen molar-refractivity contribution in [1.82, 2.24) is 0 Å². The summed E-state index contributed by atoms with van der Waals surface area (Å²) < 4.78 is 0.738. The van der Waals surface area contributed by atoms with E-state index in [1.54, 1.807) is 6.07 Å². The number of halogens is 2. The second-order valence-electron chi connectivity index (χ2n) is 3.89. The van der Waals surface area contributed by atoms with Crippen molar-refractivity contribution in [2.24, 2.45) is 5.92 Å². The van der Waals surface area contributed by atoms with E-state index in [9.17, 15) is 10.1 Å². The Bertz CT molecular complexity index is 394. The van der Waals surface area contributed by atoms with Crippen LogP contribution in [0.4, 0.5) is 5.69 Å². The Morgan fingerprint density at radius 2 is 2.06 bits per heavy atom. The highest BCUT2D eigenvalue weighted by Gasteiger charge is 2.18. The van der Waals surface area contributed by atoms with E-state index in [1.165, 1.54) is 0 Å². The second kappa shape index (κ2) is 5.77. The molecule has 0 amide bonds. The Labute approximate surface area is 112 Å². The van der Waals surface area contributed by atoms with Gasteiger partial charge in [0.25, 0.3) is 5.69 Å². The monoisotopic (exact) mass is 349 g/mol. The molecular formula is C11H13Br2NO2. The van der Waals surface area contributed by atoms with Gasteiger partial charge in [0.1, 0.15) is 0 Å². The smallest absolute Gasteiger partial charge is 0.258 e. The fourth-order valence-corrected chi connectivity index (χ4v) is 1.92. The molecule has 0 aromatic heterocycles. The van der Waals surface area contributed by atoms with Crippen molar-refractivity contribution in [2.45, 2.75) is 25.1 Å². The first-order valence-corrected chi connectivity index (χ1v) is 6.69. The molecule has 0 bridgehead atoms. The van der Waals surface area contributed by atoms with Crippen LogP contribution >= 0.6 is 31.9 Å². The first-order chi connectivity index (χ1) is 7.41. The lowest BCUT2D eigenvalue weighted by atomic mass is 9.98. The summed E-state index contributed by atoms with van der Waals surface area (Å²) in [6.07, 6.45) is 0.704. The average molecular weight is 351 g/mol. The fraction of sp³-hybridized carbons (Fsp3) is 0.455. The number of nitro benzene ring substituents is 1. The Kier molecular flexibility index (Phi) is 4.92. The number of benzene rings is 1. The van der Waals surface area contributed by atoms with E-state index in [0.29, 0.717) is 17.2 Å². The maximum Gasteiger partial charge on any atom is 0.273 e. The summed E-state index contributed by atoms with van der Waals surface area (Å²) >= 11 is 6.74. The molecule has 0 N–H and O–H groups in total. The summed E-state index contributed by atoms with van der Waals surface area (Å²) in [6, 6.07) is 5.21.